The van der Waals surface area contributed by atoms with Gasteiger partial charge in [0.15, 0.2) is 0 Å². The van der Waals surface area contributed by atoms with Crippen molar-refractivity contribution in [2.24, 2.45) is 11.8 Å². The molecule has 1 heterocycles. The molecule has 2 aliphatic rings. The monoisotopic (exact) mass is 285 g/mol. The van der Waals surface area contributed by atoms with Gasteiger partial charge in [-0.05, 0) is 38.4 Å². The molecule has 0 aromatic heterocycles. The molecule has 5 heteroatoms. The second-order valence-electron chi connectivity index (χ2n) is 5.68. The summed E-state index contributed by atoms with van der Waals surface area (Å²) < 4.78 is 0. The molecule has 0 spiro atoms. The van der Waals surface area contributed by atoms with E-state index in [0.717, 1.165) is 43.7 Å². The minimum atomic E-state index is -0.739. The molecular weight excluding hydrogens is 262 g/mol. The quantitative estimate of drug-likeness (QED) is 0.845. The van der Waals surface area contributed by atoms with Crippen LogP contribution in [0.2, 0.25) is 0 Å². The van der Waals surface area contributed by atoms with Gasteiger partial charge >= 0.3 is 5.97 Å². The van der Waals surface area contributed by atoms with Gasteiger partial charge in [-0.2, -0.15) is 11.8 Å². The van der Waals surface area contributed by atoms with Crippen molar-refractivity contribution in [2.45, 2.75) is 45.1 Å². The van der Waals surface area contributed by atoms with Gasteiger partial charge in [-0.1, -0.05) is 6.42 Å². The van der Waals surface area contributed by atoms with Crippen molar-refractivity contribution in [3.63, 3.8) is 0 Å². The standard InChI is InChI=1S/C14H23NO3S/c1-10-5-7-19-8-6-15(10)13(16)11-3-2-4-12(9-11)14(17)18/h10-12H,2-9H2,1H3,(H,17,18). The Balaban J connectivity index is 1.99. The van der Waals surface area contributed by atoms with E-state index in [-0.39, 0.29) is 17.7 Å². The number of carboxylic acids is 1. The summed E-state index contributed by atoms with van der Waals surface area (Å²) in [4.78, 5) is 25.7. The van der Waals surface area contributed by atoms with E-state index in [0.29, 0.717) is 12.5 Å². The molecule has 0 bridgehead atoms. The number of nitrogens with zero attached hydrogens (tertiary/aromatic N) is 1. The number of hydrogen-bond acceptors (Lipinski definition) is 3. The van der Waals surface area contributed by atoms with Crippen LogP contribution in [0.1, 0.15) is 39.0 Å². The summed E-state index contributed by atoms with van der Waals surface area (Å²) >= 11 is 1.90. The number of hydrogen-bond donors (Lipinski definition) is 1. The van der Waals surface area contributed by atoms with E-state index in [2.05, 4.69) is 6.92 Å². The first kappa shape index (κ1) is 14.7. The predicted octanol–water partition coefficient (Wildman–Crippen LogP) is 2.23. The summed E-state index contributed by atoms with van der Waals surface area (Å²) in [6, 6.07) is 0.299. The molecular formula is C14H23NO3S. The summed E-state index contributed by atoms with van der Waals surface area (Å²) in [6.07, 6.45) is 4.03. The molecule has 1 N–H and O–H groups in total. The number of carbonyl (C=O) groups is 2. The van der Waals surface area contributed by atoms with Gasteiger partial charge in [0.05, 0.1) is 5.92 Å². The Morgan fingerprint density at radius 3 is 2.63 bits per heavy atom. The number of carbonyl (C=O) groups excluding carboxylic acids is 1. The summed E-state index contributed by atoms with van der Waals surface area (Å²) in [5.74, 6) is 1.19. The lowest BCUT2D eigenvalue weighted by atomic mass is 9.80. The number of thioether (sulfide) groups is 1. The van der Waals surface area contributed by atoms with Crippen LogP contribution in [0.25, 0.3) is 0 Å². The summed E-state index contributed by atoms with van der Waals surface area (Å²) in [5.41, 5.74) is 0. The molecule has 19 heavy (non-hydrogen) atoms. The minimum absolute atomic E-state index is 0.0691. The van der Waals surface area contributed by atoms with E-state index in [1.807, 2.05) is 16.7 Å². The van der Waals surface area contributed by atoms with Gasteiger partial charge in [-0.25, -0.2) is 0 Å². The number of carboxylic acid groups (broad SMARTS) is 1. The Morgan fingerprint density at radius 2 is 1.89 bits per heavy atom. The molecule has 1 saturated heterocycles. The first-order valence-corrected chi connectivity index (χ1v) is 8.36. The van der Waals surface area contributed by atoms with Crippen molar-refractivity contribution in [2.75, 3.05) is 18.1 Å². The van der Waals surface area contributed by atoms with Crippen molar-refractivity contribution in [3.05, 3.63) is 0 Å². The fraction of sp³-hybridized carbons (Fsp3) is 0.857. The van der Waals surface area contributed by atoms with Gasteiger partial charge in [0.2, 0.25) is 5.91 Å². The maximum absolute atomic E-state index is 12.6. The molecule has 0 radical (unpaired) electrons. The van der Waals surface area contributed by atoms with Crippen LogP contribution >= 0.6 is 11.8 Å². The van der Waals surface area contributed by atoms with Crippen molar-refractivity contribution in [1.29, 1.82) is 0 Å². The van der Waals surface area contributed by atoms with Crippen LogP contribution in [-0.4, -0.2) is 46.0 Å². The highest BCUT2D eigenvalue weighted by Gasteiger charge is 2.34. The molecule has 108 valence electrons. The molecule has 1 aliphatic heterocycles. The van der Waals surface area contributed by atoms with Crippen LogP contribution in [0.3, 0.4) is 0 Å². The largest absolute Gasteiger partial charge is 0.481 e. The third-order valence-electron chi connectivity index (χ3n) is 4.34. The van der Waals surface area contributed by atoms with E-state index in [1.54, 1.807) is 0 Å². The first-order valence-electron chi connectivity index (χ1n) is 7.20. The van der Waals surface area contributed by atoms with E-state index in [9.17, 15) is 9.59 Å². The van der Waals surface area contributed by atoms with Gasteiger partial charge < -0.3 is 10.0 Å². The van der Waals surface area contributed by atoms with E-state index >= 15 is 0 Å². The lowest BCUT2D eigenvalue weighted by Gasteiger charge is -2.33. The third-order valence-corrected chi connectivity index (χ3v) is 5.34. The lowest BCUT2D eigenvalue weighted by molar-refractivity contribution is -0.146. The SMILES string of the molecule is CC1CCSCCN1C(=O)C1CCCC(C(=O)O)C1. The maximum Gasteiger partial charge on any atom is 0.306 e. The van der Waals surface area contributed by atoms with Crippen LogP contribution in [0, 0.1) is 11.8 Å². The third kappa shape index (κ3) is 3.65. The highest BCUT2D eigenvalue weighted by molar-refractivity contribution is 7.99. The molecule has 0 aromatic rings. The molecule has 3 unspecified atom stereocenters. The summed E-state index contributed by atoms with van der Waals surface area (Å²) in [6.45, 7) is 2.93. The Labute approximate surface area is 118 Å². The molecule has 2 rings (SSSR count). The summed E-state index contributed by atoms with van der Waals surface area (Å²) in [5, 5.41) is 9.12. The van der Waals surface area contributed by atoms with E-state index in [1.165, 1.54) is 0 Å². The van der Waals surface area contributed by atoms with Crippen molar-refractivity contribution < 1.29 is 14.7 Å². The number of aliphatic carboxylic acids is 1. The maximum atomic E-state index is 12.6. The van der Waals surface area contributed by atoms with Gasteiger partial charge in [-0.15, -0.1) is 0 Å². The van der Waals surface area contributed by atoms with Crippen molar-refractivity contribution in [1.82, 2.24) is 4.90 Å². The lowest BCUT2D eigenvalue weighted by Crippen LogP contribution is -2.44. The Bertz CT molecular complexity index is 348. The van der Waals surface area contributed by atoms with Crippen LogP contribution in [0.4, 0.5) is 0 Å². The molecule has 2 fully saturated rings. The van der Waals surface area contributed by atoms with Crippen LogP contribution in [0.5, 0.6) is 0 Å². The second kappa shape index (κ2) is 6.64. The van der Waals surface area contributed by atoms with Crippen molar-refractivity contribution >= 4 is 23.6 Å². The average molecular weight is 285 g/mol. The molecule has 3 atom stereocenters. The predicted molar refractivity (Wildman–Crippen MR) is 76.2 cm³/mol. The minimum Gasteiger partial charge on any atom is -0.481 e. The molecule has 0 aromatic carbocycles. The highest BCUT2D eigenvalue weighted by atomic mass is 32.2. The fourth-order valence-electron chi connectivity index (χ4n) is 3.10. The second-order valence-corrected chi connectivity index (χ2v) is 6.91. The molecule has 4 nitrogen and oxygen atoms in total. The Morgan fingerprint density at radius 1 is 1.16 bits per heavy atom. The van der Waals surface area contributed by atoms with Crippen LogP contribution < -0.4 is 0 Å². The molecule has 1 aliphatic carbocycles. The van der Waals surface area contributed by atoms with E-state index < -0.39 is 5.97 Å². The Hall–Kier alpha value is -0.710. The van der Waals surface area contributed by atoms with Gasteiger partial charge in [0.1, 0.15) is 0 Å². The number of amides is 1. The van der Waals surface area contributed by atoms with E-state index in [4.69, 9.17) is 5.11 Å². The van der Waals surface area contributed by atoms with Crippen LogP contribution in [-0.2, 0) is 9.59 Å². The summed E-state index contributed by atoms with van der Waals surface area (Å²) in [7, 11) is 0. The fourth-order valence-corrected chi connectivity index (χ4v) is 4.13. The topological polar surface area (TPSA) is 57.6 Å². The molecule has 1 saturated carbocycles. The number of rotatable bonds is 2. The normalized spacial score (nSPS) is 32.7. The van der Waals surface area contributed by atoms with Crippen molar-refractivity contribution in [3.8, 4) is 0 Å². The Kier molecular flexibility index (Phi) is 5.13. The smallest absolute Gasteiger partial charge is 0.306 e. The zero-order chi connectivity index (χ0) is 13.8. The van der Waals surface area contributed by atoms with Crippen LogP contribution in [0.15, 0.2) is 0 Å². The molecule has 1 amide bonds. The first-order chi connectivity index (χ1) is 9.09. The zero-order valence-corrected chi connectivity index (χ0v) is 12.3. The van der Waals surface area contributed by atoms with Gasteiger partial charge in [0, 0.05) is 24.3 Å². The zero-order valence-electron chi connectivity index (χ0n) is 11.5. The average Bonchev–Trinajstić information content (AvgIpc) is 2.63. The van der Waals surface area contributed by atoms with Gasteiger partial charge in [0.25, 0.3) is 0 Å². The highest BCUT2D eigenvalue weighted by Crippen LogP contribution is 2.31. The van der Waals surface area contributed by atoms with Gasteiger partial charge in [-0.3, -0.25) is 9.59 Å².